The van der Waals surface area contributed by atoms with Gasteiger partial charge in [-0.25, -0.2) is 4.39 Å². The molecule has 0 aromatic heterocycles. The summed E-state index contributed by atoms with van der Waals surface area (Å²) in [6.45, 7) is 2.85. The van der Waals surface area contributed by atoms with Crippen molar-refractivity contribution in [1.82, 2.24) is 4.90 Å². The Morgan fingerprint density at radius 1 is 1.28 bits per heavy atom. The van der Waals surface area contributed by atoms with E-state index in [1.165, 1.54) is 6.07 Å². The van der Waals surface area contributed by atoms with Gasteiger partial charge in [0, 0.05) is 12.6 Å². The molecule has 18 heavy (non-hydrogen) atoms. The fourth-order valence-corrected chi connectivity index (χ4v) is 2.21. The van der Waals surface area contributed by atoms with Crippen molar-refractivity contribution in [2.45, 2.75) is 25.4 Å². The molecule has 0 saturated carbocycles. The number of hydrogen-bond acceptors (Lipinski definition) is 2. The van der Waals surface area contributed by atoms with Crippen LogP contribution in [0.3, 0.4) is 0 Å². The summed E-state index contributed by atoms with van der Waals surface area (Å²) in [6.07, 6.45) is 2.07. The molecule has 2 rings (SSSR count). The van der Waals surface area contributed by atoms with Crippen molar-refractivity contribution in [3.05, 3.63) is 34.6 Å². The zero-order valence-corrected chi connectivity index (χ0v) is 12.3. The van der Waals surface area contributed by atoms with Gasteiger partial charge in [-0.15, -0.1) is 24.8 Å². The van der Waals surface area contributed by atoms with Gasteiger partial charge in [0.1, 0.15) is 5.82 Å². The zero-order valence-electron chi connectivity index (χ0n) is 9.94. The lowest BCUT2D eigenvalue weighted by Gasteiger charge is -2.30. The van der Waals surface area contributed by atoms with Crippen LogP contribution >= 0.6 is 36.4 Å². The molecule has 0 atom stereocenters. The van der Waals surface area contributed by atoms with Crippen molar-refractivity contribution >= 4 is 36.4 Å². The van der Waals surface area contributed by atoms with E-state index in [-0.39, 0.29) is 35.7 Å². The van der Waals surface area contributed by atoms with Crippen molar-refractivity contribution in [2.75, 3.05) is 13.1 Å². The first kappa shape index (κ1) is 17.9. The number of nitrogens with two attached hydrogens (primary N) is 1. The second-order valence-corrected chi connectivity index (χ2v) is 4.77. The molecule has 1 heterocycles. The van der Waals surface area contributed by atoms with Gasteiger partial charge < -0.3 is 5.73 Å². The molecule has 0 radical (unpaired) electrons. The number of rotatable bonds is 2. The van der Waals surface area contributed by atoms with Gasteiger partial charge in [-0.3, -0.25) is 4.90 Å². The number of benzene rings is 1. The quantitative estimate of drug-likeness (QED) is 0.908. The van der Waals surface area contributed by atoms with Crippen molar-refractivity contribution in [3.63, 3.8) is 0 Å². The van der Waals surface area contributed by atoms with Crippen LogP contribution in [-0.2, 0) is 6.54 Å². The van der Waals surface area contributed by atoms with Crippen LogP contribution in [0.15, 0.2) is 18.2 Å². The Morgan fingerprint density at radius 2 is 1.89 bits per heavy atom. The minimum absolute atomic E-state index is 0. The van der Waals surface area contributed by atoms with Crippen molar-refractivity contribution in [3.8, 4) is 0 Å². The van der Waals surface area contributed by atoms with Crippen LogP contribution in [0.5, 0.6) is 0 Å². The maximum Gasteiger partial charge on any atom is 0.141 e. The Kier molecular flexibility index (Phi) is 8.15. The molecule has 1 saturated heterocycles. The molecule has 1 aromatic rings. The third-order valence-corrected chi connectivity index (χ3v) is 3.31. The van der Waals surface area contributed by atoms with Crippen LogP contribution in [0.25, 0.3) is 0 Å². The summed E-state index contributed by atoms with van der Waals surface area (Å²) in [4.78, 5) is 2.33. The van der Waals surface area contributed by atoms with Gasteiger partial charge in [-0.1, -0.05) is 17.7 Å². The molecule has 0 spiro atoms. The SMILES string of the molecule is Cl.Cl.NC1CCN(Cc2ccc(F)c(Cl)c2)CC1. The van der Waals surface area contributed by atoms with Crippen molar-refractivity contribution in [2.24, 2.45) is 5.73 Å². The highest BCUT2D eigenvalue weighted by molar-refractivity contribution is 6.30. The van der Waals surface area contributed by atoms with E-state index in [1.54, 1.807) is 12.1 Å². The minimum Gasteiger partial charge on any atom is -0.328 e. The molecular weight excluding hydrogens is 298 g/mol. The molecule has 0 unspecified atom stereocenters. The minimum atomic E-state index is -0.355. The summed E-state index contributed by atoms with van der Waals surface area (Å²) >= 11 is 5.74. The van der Waals surface area contributed by atoms with E-state index >= 15 is 0 Å². The molecule has 2 nitrogen and oxygen atoms in total. The molecule has 104 valence electrons. The number of likely N-dealkylation sites (tertiary alicyclic amines) is 1. The molecule has 0 bridgehead atoms. The average Bonchev–Trinajstić information content (AvgIpc) is 2.27. The summed E-state index contributed by atoms with van der Waals surface area (Å²) in [5.74, 6) is -0.355. The molecule has 2 N–H and O–H groups in total. The average molecular weight is 316 g/mol. The Morgan fingerprint density at radius 3 is 2.44 bits per heavy atom. The molecule has 1 aromatic carbocycles. The van der Waals surface area contributed by atoms with Gasteiger partial charge in [-0.05, 0) is 43.6 Å². The van der Waals surface area contributed by atoms with Gasteiger partial charge in [0.25, 0.3) is 0 Å². The highest BCUT2D eigenvalue weighted by Crippen LogP contribution is 2.18. The Balaban J connectivity index is 0.00000144. The fourth-order valence-electron chi connectivity index (χ4n) is 2.01. The smallest absolute Gasteiger partial charge is 0.141 e. The molecule has 1 aliphatic heterocycles. The fraction of sp³-hybridized carbons (Fsp3) is 0.500. The van der Waals surface area contributed by atoms with E-state index in [0.717, 1.165) is 38.0 Å². The second kappa shape index (κ2) is 8.18. The second-order valence-electron chi connectivity index (χ2n) is 4.36. The van der Waals surface area contributed by atoms with Crippen LogP contribution in [-0.4, -0.2) is 24.0 Å². The van der Waals surface area contributed by atoms with E-state index < -0.39 is 0 Å². The lowest BCUT2D eigenvalue weighted by Crippen LogP contribution is -2.39. The van der Waals surface area contributed by atoms with Gasteiger partial charge in [0.05, 0.1) is 5.02 Å². The maximum absolute atomic E-state index is 13.0. The lowest BCUT2D eigenvalue weighted by molar-refractivity contribution is 0.205. The normalized spacial score (nSPS) is 16.8. The summed E-state index contributed by atoms with van der Waals surface area (Å²) in [7, 11) is 0. The van der Waals surface area contributed by atoms with Crippen LogP contribution in [0.1, 0.15) is 18.4 Å². The summed E-state index contributed by atoms with van der Waals surface area (Å²) in [5, 5.41) is 0.200. The highest BCUT2D eigenvalue weighted by atomic mass is 35.5. The zero-order chi connectivity index (χ0) is 11.5. The van der Waals surface area contributed by atoms with Crippen molar-refractivity contribution in [1.29, 1.82) is 0 Å². The van der Waals surface area contributed by atoms with Gasteiger partial charge in [0.15, 0.2) is 0 Å². The number of hydrogen-bond donors (Lipinski definition) is 1. The van der Waals surface area contributed by atoms with Crippen LogP contribution in [0.2, 0.25) is 5.02 Å². The summed E-state index contributed by atoms with van der Waals surface area (Å²) in [5.41, 5.74) is 6.89. The number of piperidine rings is 1. The van der Waals surface area contributed by atoms with E-state index in [4.69, 9.17) is 17.3 Å². The van der Waals surface area contributed by atoms with E-state index in [2.05, 4.69) is 4.90 Å². The highest BCUT2D eigenvalue weighted by Gasteiger charge is 2.16. The van der Waals surface area contributed by atoms with Gasteiger partial charge in [0.2, 0.25) is 0 Å². The molecule has 0 amide bonds. The van der Waals surface area contributed by atoms with Crippen LogP contribution in [0, 0.1) is 5.82 Å². The Labute approximate surface area is 124 Å². The van der Waals surface area contributed by atoms with Crippen molar-refractivity contribution < 1.29 is 4.39 Å². The standard InChI is InChI=1S/C12H16ClFN2.2ClH/c13-11-7-9(1-2-12(11)14)8-16-5-3-10(15)4-6-16;;/h1-2,7,10H,3-6,8,15H2;2*1H. The Hall–Kier alpha value is -0.0600. The van der Waals surface area contributed by atoms with Crippen LogP contribution in [0.4, 0.5) is 4.39 Å². The van der Waals surface area contributed by atoms with Gasteiger partial charge in [-0.2, -0.15) is 0 Å². The summed E-state index contributed by atoms with van der Waals surface area (Å²) in [6, 6.07) is 5.25. The monoisotopic (exact) mass is 314 g/mol. The maximum atomic E-state index is 13.0. The van der Waals surface area contributed by atoms with Crippen LogP contribution < -0.4 is 5.73 Å². The molecular formula is C12H18Cl3FN2. The predicted molar refractivity (Wildman–Crippen MR) is 78.4 cm³/mol. The molecule has 1 fully saturated rings. The first-order valence-electron chi connectivity index (χ1n) is 5.57. The van der Waals surface area contributed by atoms with Gasteiger partial charge >= 0.3 is 0 Å². The van der Waals surface area contributed by atoms with E-state index in [0.29, 0.717) is 6.04 Å². The lowest BCUT2D eigenvalue weighted by atomic mass is 10.1. The van der Waals surface area contributed by atoms with E-state index in [1.807, 2.05) is 0 Å². The molecule has 0 aliphatic carbocycles. The first-order chi connectivity index (χ1) is 7.65. The van der Waals surface area contributed by atoms with E-state index in [9.17, 15) is 4.39 Å². The third kappa shape index (κ3) is 4.90. The summed E-state index contributed by atoms with van der Waals surface area (Å²) < 4.78 is 13.0. The Bertz CT molecular complexity index is 368. The number of nitrogens with zero attached hydrogens (tertiary/aromatic N) is 1. The first-order valence-corrected chi connectivity index (χ1v) is 5.95. The molecule has 1 aliphatic rings. The molecule has 6 heteroatoms. The predicted octanol–water partition coefficient (Wildman–Crippen LogP) is 3.25. The topological polar surface area (TPSA) is 29.3 Å². The number of halogens is 4. The third-order valence-electron chi connectivity index (χ3n) is 3.02. The largest absolute Gasteiger partial charge is 0.328 e.